The summed E-state index contributed by atoms with van der Waals surface area (Å²) in [6.45, 7) is 5.56. The van der Waals surface area contributed by atoms with Gasteiger partial charge in [0, 0.05) is 17.2 Å². The molecule has 3 aromatic rings. The van der Waals surface area contributed by atoms with Crippen LogP contribution in [0.1, 0.15) is 71.0 Å². The zero-order valence-electron chi connectivity index (χ0n) is 15.3. The Balaban J connectivity index is 1.63. The third-order valence-electron chi connectivity index (χ3n) is 5.17. The quantitative estimate of drug-likeness (QED) is 0.747. The molecule has 0 atom stereocenters. The predicted molar refractivity (Wildman–Crippen MR) is 96.3 cm³/mol. The first kappa shape index (κ1) is 16.8. The van der Waals surface area contributed by atoms with Gasteiger partial charge in [0.25, 0.3) is 11.6 Å². The molecule has 4 rings (SSSR count). The molecule has 1 saturated carbocycles. The van der Waals surface area contributed by atoms with Crippen LogP contribution in [0.15, 0.2) is 15.1 Å². The number of amides is 1. The highest BCUT2D eigenvalue weighted by atomic mass is 16.5. The maximum Gasteiger partial charge on any atom is 0.259 e. The number of hydrogen-bond donors (Lipinski definition) is 1. The lowest BCUT2D eigenvalue weighted by Crippen LogP contribution is -2.14. The number of pyridine rings is 1. The molecule has 7 heteroatoms. The van der Waals surface area contributed by atoms with Crippen molar-refractivity contribution < 1.29 is 13.8 Å². The van der Waals surface area contributed by atoms with E-state index in [4.69, 9.17) is 9.05 Å². The van der Waals surface area contributed by atoms with Crippen molar-refractivity contribution >= 4 is 22.9 Å². The van der Waals surface area contributed by atoms with Crippen molar-refractivity contribution in [1.82, 2.24) is 15.3 Å². The second-order valence-electron chi connectivity index (χ2n) is 7.07. The minimum atomic E-state index is -0.277. The van der Waals surface area contributed by atoms with Gasteiger partial charge in [-0.2, -0.15) is 0 Å². The standard InChI is InChI=1S/C19H22N4O3/c1-10-9-14(15-12(3)22-26-19(15)20-10)17(24)21-18-11(2)16(23-25-18)13-7-5-4-6-8-13/h9,13H,4-8H2,1-3H3,(H,21,24). The normalized spacial score (nSPS) is 15.5. The van der Waals surface area contributed by atoms with Gasteiger partial charge in [0.2, 0.25) is 5.88 Å². The van der Waals surface area contributed by atoms with Crippen LogP contribution in [0.2, 0.25) is 0 Å². The van der Waals surface area contributed by atoms with Crippen molar-refractivity contribution in [1.29, 1.82) is 0 Å². The van der Waals surface area contributed by atoms with Crippen LogP contribution in [0.25, 0.3) is 11.1 Å². The number of hydrogen-bond acceptors (Lipinski definition) is 6. The molecule has 0 radical (unpaired) electrons. The molecule has 0 saturated heterocycles. The summed E-state index contributed by atoms with van der Waals surface area (Å²) in [5, 5.41) is 11.6. The fraction of sp³-hybridized carbons (Fsp3) is 0.474. The predicted octanol–water partition coefficient (Wildman–Crippen LogP) is 4.44. The SMILES string of the molecule is Cc1cc(C(=O)Nc2onc(C3CCCCC3)c2C)c2c(C)noc2n1. The Labute approximate surface area is 151 Å². The number of rotatable bonds is 3. The van der Waals surface area contributed by atoms with E-state index in [9.17, 15) is 4.79 Å². The Morgan fingerprint density at radius 1 is 1.12 bits per heavy atom. The molecule has 1 aliphatic rings. The van der Waals surface area contributed by atoms with Gasteiger partial charge < -0.3 is 9.05 Å². The third kappa shape index (κ3) is 2.87. The smallest absolute Gasteiger partial charge is 0.259 e. The summed E-state index contributed by atoms with van der Waals surface area (Å²) in [5.74, 6) is 0.557. The summed E-state index contributed by atoms with van der Waals surface area (Å²) in [5.41, 5.74) is 4.04. The van der Waals surface area contributed by atoms with Crippen LogP contribution < -0.4 is 5.32 Å². The molecule has 136 valence electrons. The van der Waals surface area contributed by atoms with Crippen molar-refractivity contribution in [2.24, 2.45) is 0 Å². The number of aromatic nitrogens is 3. The topological polar surface area (TPSA) is 94.1 Å². The van der Waals surface area contributed by atoms with E-state index in [0.717, 1.165) is 24.1 Å². The number of carbonyl (C=O) groups excluding carboxylic acids is 1. The zero-order chi connectivity index (χ0) is 18.3. The van der Waals surface area contributed by atoms with Crippen LogP contribution in [-0.4, -0.2) is 21.2 Å². The Morgan fingerprint density at radius 3 is 2.65 bits per heavy atom. The van der Waals surface area contributed by atoms with E-state index < -0.39 is 0 Å². The lowest BCUT2D eigenvalue weighted by molar-refractivity contribution is 0.102. The molecule has 7 nitrogen and oxygen atoms in total. The molecule has 0 aliphatic heterocycles. The van der Waals surface area contributed by atoms with Crippen molar-refractivity contribution in [3.05, 3.63) is 34.3 Å². The van der Waals surface area contributed by atoms with E-state index in [2.05, 4.69) is 20.6 Å². The number of carbonyl (C=O) groups is 1. The monoisotopic (exact) mass is 354 g/mol. The molecule has 3 heterocycles. The zero-order valence-corrected chi connectivity index (χ0v) is 15.3. The van der Waals surface area contributed by atoms with Gasteiger partial charge in [-0.15, -0.1) is 0 Å². The third-order valence-corrected chi connectivity index (χ3v) is 5.17. The molecule has 3 aromatic heterocycles. The lowest BCUT2D eigenvalue weighted by Gasteiger charge is -2.19. The number of fused-ring (bicyclic) bond motifs is 1. The van der Waals surface area contributed by atoms with Crippen LogP contribution in [0, 0.1) is 20.8 Å². The molecule has 26 heavy (non-hydrogen) atoms. The van der Waals surface area contributed by atoms with E-state index >= 15 is 0 Å². The van der Waals surface area contributed by atoms with Gasteiger partial charge >= 0.3 is 0 Å². The molecule has 1 N–H and O–H groups in total. The second kappa shape index (κ2) is 6.55. The summed E-state index contributed by atoms with van der Waals surface area (Å²) in [4.78, 5) is 17.2. The molecular formula is C19H22N4O3. The first-order valence-corrected chi connectivity index (χ1v) is 9.05. The van der Waals surface area contributed by atoms with E-state index in [0.29, 0.717) is 39.9 Å². The Hall–Kier alpha value is -2.70. The first-order chi connectivity index (χ1) is 12.5. The molecule has 0 unspecified atom stereocenters. The molecule has 1 aliphatic carbocycles. The van der Waals surface area contributed by atoms with E-state index in [-0.39, 0.29) is 5.91 Å². The largest absolute Gasteiger partial charge is 0.338 e. The van der Waals surface area contributed by atoms with Gasteiger partial charge in [-0.1, -0.05) is 29.6 Å². The fourth-order valence-electron chi connectivity index (χ4n) is 3.79. The number of aryl methyl sites for hydroxylation is 2. The number of anilines is 1. The maximum absolute atomic E-state index is 12.9. The van der Waals surface area contributed by atoms with Gasteiger partial charge in [0.15, 0.2) is 0 Å². The van der Waals surface area contributed by atoms with Crippen molar-refractivity contribution in [3.63, 3.8) is 0 Å². The minimum Gasteiger partial charge on any atom is -0.338 e. The van der Waals surface area contributed by atoms with Crippen molar-refractivity contribution in [2.45, 2.75) is 58.8 Å². The Bertz CT molecular complexity index is 967. The summed E-state index contributed by atoms with van der Waals surface area (Å²) in [7, 11) is 0. The number of nitrogens with zero attached hydrogens (tertiary/aromatic N) is 3. The Morgan fingerprint density at radius 2 is 1.88 bits per heavy atom. The van der Waals surface area contributed by atoms with E-state index in [1.54, 1.807) is 13.0 Å². The first-order valence-electron chi connectivity index (χ1n) is 9.05. The Kier molecular flexibility index (Phi) is 4.22. The average Bonchev–Trinajstić information content (AvgIpc) is 3.18. The molecule has 0 bridgehead atoms. The van der Waals surface area contributed by atoms with Crippen molar-refractivity contribution in [2.75, 3.05) is 5.32 Å². The maximum atomic E-state index is 12.9. The summed E-state index contributed by atoms with van der Waals surface area (Å²) >= 11 is 0. The lowest BCUT2D eigenvalue weighted by atomic mass is 9.86. The van der Waals surface area contributed by atoms with Crippen molar-refractivity contribution in [3.8, 4) is 0 Å². The van der Waals surface area contributed by atoms with Gasteiger partial charge in [-0.3, -0.25) is 10.1 Å². The van der Waals surface area contributed by atoms with Gasteiger partial charge in [-0.05, 0) is 39.7 Å². The van der Waals surface area contributed by atoms with Crippen LogP contribution in [0.3, 0.4) is 0 Å². The molecule has 1 amide bonds. The average molecular weight is 354 g/mol. The van der Waals surface area contributed by atoms with E-state index in [1.165, 1.54) is 19.3 Å². The van der Waals surface area contributed by atoms with Crippen LogP contribution in [-0.2, 0) is 0 Å². The van der Waals surface area contributed by atoms with E-state index in [1.807, 2.05) is 13.8 Å². The molecule has 0 aromatic carbocycles. The molecule has 1 fully saturated rings. The van der Waals surface area contributed by atoms with Crippen LogP contribution in [0.4, 0.5) is 5.88 Å². The number of nitrogens with one attached hydrogen (secondary N) is 1. The summed E-state index contributed by atoms with van der Waals surface area (Å²) in [6.07, 6.45) is 5.99. The highest BCUT2D eigenvalue weighted by molar-refractivity contribution is 6.12. The van der Waals surface area contributed by atoms with Gasteiger partial charge in [0.05, 0.1) is 22.3 Å². The summed E-state index contributed by atoms with van der Waals surface area (Å²) in [6, 6.07) is 1.73. The molecular weight excluding hydrogens is 332 g/mol. The highest BCUT2D eigenvalue weighted by Gasteiger charge is 2.25. The fourth-order valence-corrected chi connectivity index (χ4v) is 3.79. The van der Waals surface area contributed by atoms with Crippen LogP contribution >= 0.6 is 0 Å². The highest BCUT2D eigenvalue weighted by Crippen LogP contribution is 2.36. The van der Waals surface area contributed by atoms with Gasteiger partial charge in [-0.25, -0.2) is 4.98 Å². The van der Waals surface area contributed by atoms with Crippen LogP contribution in [0.5, 0.6) is 0 Å². The second-order valence-corrected chi connectivity index (χ2v) is 7.07. The minimum absolute atomic E-state index is 0.277. The summed E-state index contributed by atoms with van der Waals surface area (Å²) < 4.78 is 10.7. The van der Waals surface area contributed by atoms with Gasteiger partial charge in [0.1, 0.15) is 0 Å². The molecule has 0 spiro atoms.